The molecular weight excluding hydrogens is 420 g/mol. The fraction of sp³-hybridized carbons (Fsp3) is 0.379. The van der Waals surface area contributed by atoms with E-state index in [9.17, 15) is 5.11 Å². The zero-order valence-electron chi connectivity index (χ0n) is 20.5. The highest BCUT2D eigenvalue weighted by Gasteiger charge is 2.24. The van der Waals surface area contributed by atoms with Crippen molar-refractivity contribution in [1.82, 2.24) is 14.9 Å². The topological polar surface area (TPSA) is 52.5 Å². The Morgan fingerprint density at radius 1 is 0.971 bits per heavy atom. The van der Waals surface area contributed by atoms with E-state index in [-0.39, 0.29) is 6.10 Å². The lowest BCUT2D eigenvalue weighted by Crippen LogP contribution is -2.49. The monoisotopic (exact) mass is 456 g/mol. The van der Waals surface area contributed by atoms with Crippen LogP contribution in [0.4, 0.5) is 5.82 Å². The van der Waals surface area contributed by atoms with Crippen LogP contribution in [-0.4, -0.2) is 58.8 Å². The average Bonchev–Trinajstić information content (AvgIpc) is 2.86. The molecule has 0 bridgehead atoms. The fourth-order valence-electron chi connectivity index (χ4n) is 4.61. The highest BCUT2D eigenvalue weighted by atomic mass is 16.3. The highest BCUT2D eigenvalue weighted by molar-refractivity contribution is 5.61. The molecule has 1 aliphatic rings. The molecule has 178 valence electrons. The second-order valence-electron chi connectivity index (χ2n) is 9.21. The van der Waals surface area contributed by atoms with Crippen LogP contribution in [0.2, 0.25) is 0 Å². The van der Waals surface area contributed by atoms with Crippen LogP contribution in [0, 0.1) is 13.8 Å². The predicted octanol–water partition coefficient (Wildman–Crippen LogP) is 4.80. The lowest BCUT2D eigenvalue weighted by molar-refractivity contribution is 0.103. The Labute approximate surface area is 203 Å². The maximum Gasteiger partial charge on any atom is 0.161 e. The van der Waals surface area contributed by atoms with Crippen molar-refractivity contribution in [2.75, 3.05) is 37.6 Å². The first kappa shape index (κ1) is 24.1. The van der Waals surface area contributed by atoms with E-state index in [2.05, 4.69) is 66.6 Å². The fourth-order valence-corrected chi connectivity index (χ4v) is 4.61. The van der Waals surface area contributed by atoms with E-state index in [0.717, 1.165) is 74.9 Å². The molecule has 1 aliphatic heterocycles. The van der Waals surface area contributed by atoms with Gasteiger partial charge in [-0.3, -0.25) is 4.90 Å². The van der Waals surface area contributed by atoms with Gasteiger partial charge in [0, 0.05) is 56.0 Å². The largest absolute Gasteiger partial charge is 0.392 e. The number of aryl methyl sites for hydroxylation is 2. The minimum Gasteiger partial charge on any atom is -0.392 e. The number of hydrogen-bond acceptors (Lipinski definition) is 5. The Bertz CT molecular complexity index is 1090. The molecule has 3 aromatic rings. The number of aliphatic hydroxyl groups excluding tert-OH is 1. The Balaban J connectivity index is 1.60. The van der Waals surface area contributed by atoms with Crippen molar-refractivity contribution in [2.45, 2.75) is 39.2 Å². The third kappa shape index (κ3) is 5.91. The highest BCUT2D eigenvalue weighted by Crippen LogP contribution is 2.29. The summed E-state index contributed by atoms with van der Waals surface area (Å²) in [6.07, 6.45) is 4.02. The molecule has 5 heteroatoms. The van der Waals surface area contributed by atoms with Crippen molar-refractivity contribution in [2.24, 2.45) is 0 Å². The van der Waals surface area contributed by atoms with Crippen LogP contribution in [0.25, 0.3) is 11.4 Å². The molecule has 1 aromatic heterocycles. The second kappa shape index (κ2) is 11.4. The molecule has 5 nitrogen and oxygen atoms in total. The van der Waals surface area contributed by atoms with Crippen molar-refractivity contribution in [3.8, 4) is 11.4 Å². The number of nitrogens with zero attached hydrogens (tertiary/aromatic N) is 4. The van der Waals surface area contributed by atoms with Gasteiger partial charge in [0.25, 0.3) is 0 Å². The zero-order valence-corrected chi connectivity index (χ0v) is 20.5. The van der Waals surface area contributed by atoms with Gasteiger partial charge < -0.3 is 10.0 Å². The first-order valence-electron chi connectivity index (χ1n) is 12.3. The van der Waals surface area contributed by atoms with E-state index >= 15 is 0 Å². The van der Waals surface area contributed by atoms with Gasteiger partial charge in [-0.1, -0.05) is 60.7 Å². The summed E-state index contributed by atoms with van der Waals surface area (Å²) in [6.45, 7) is 12.4. The van der Waals surface area contributed by atoms with Crippen molar-refractivity contribution >= 4 is 5.82 Å². The van der Waals surface area contributed by atoms with Gasteiger partial charge in [0.05, 0.1) is 6.10 Å². The molecule has 0 saturated carbocycles. The predicted molar refractivity (Wildman–Crippen MR) is 140 cm³/mol. The van der Waals surface area contributed by atoms with Crippen molar-refractivity contribution in [3.05, 3.63) is 89.6 Å². The number of hydrogen-bond donors (Lipinski definition) is 1. The molecular formula is C29H36N4O. The summed E-state index contributed by atoms with van der Waals surface area (Å²) >= 11 is 0. The van der Waals surface area contributed by atoms with Crippen LogP contribution >= 0.6 is 0 Å². The van der Waals surface area contributed by atoms with Crippen molar-refractivity contribution in [3.63, 3.8) is 0 Å². The standard InChI is InChI=1S/C29H36N4O/c1-4-5-15-26(34)21-32-16-18-33(19-17-32)29-27(20-25-14-10-9-11-22(25)2)23(3)30-28(31-29)24-12-7-6-8-13-24/h4,6-14,26,34H,1,5,15-21H2,2-3H3/t26-/m0/s1. The van der Waals surface area contributed by atoms with Crippen LogP contribution in [0.3, 0.4) is 0 Å². The van der Waals surface area contributed by atoms with E-state index in [4.69, 9.17) is 9.97 Å². The number of anilines is 1. The van der Waals surface area contributed by atoms with Gasteiger partial charge in [-0.2, -0.15) is 0 Å². The SMILES string of the molecule is C=CCC[C@H](O)CN1CCN(c2nc(-c3ccccc3)nc(C)c2Cc2ccccc2C)CC1. The van der Waals surface area contributed by atoms with Crippen LogP contribution in [0.15, 0.2) is 67.3 Å². The number of rotatable bonds is 9. The van der Waals surface area contributed by atoms with Gasteiger partial charge in [0.1, 0.15) is 5.82 Å². The molecule has 2 aromatic carbocycles. The van der Waals surface area contributed by atoms with E-state index < -0.39 is 0 Å². The van der Waals surface area contributed by atoms with Crippen molar-refractivity contribution < 1.29 is 5.11 Å². The molecule has 34 heavy (non-hydrogen) atoms. The zero-order chi connectivity index (χ0) is 23.9. The molecule has 4 rings (SSSR count). The minimum atomic E-state index is -0.299. The van der Waals surface area contributed by atoms with E-state index in [1.807, 2.05) is 24.3 Å². The summed E-state index contributed by atoms with van der Waals surface area (Å²) in [5.41, 5.74) is 5.88. The van der Waals surface area contributed by atoms with Gasteiger partial charge >= 0.3 is 0 Å². The number of aromatic nitrogens is 2. The first-order chi connectivity index (χ1) is 16.5. The molecule has 0 aliphatic carbocycles. The van der Waals surface area contributed by atoms with Crippen LogP contribution in [0.1, 0.15) is 35.2 Å². The van der Waals surface area contributed by atoms with Gasteiger partial charge in [-0.25, -0.2) is 9.97 Å². The summed E-state index contributed by atoms with van der Waals surface area (Å²) in [6, 6.07) is 18.8. The van der Waals surface area contributed by atoms with E-state index in [0.29, 0.717) is 0 Å². The van der Waals surface area contributed by atoms with Crippen molar-refractivity contribution in [1.29, 1.82) is 0 Å². The molecule has 0 amide bonds. The molecule has 0 unspecified atom stereocenters. The lowest BCUT2D eigenvalue weighted by Gasteiger charge is -2.37. The van der Waals surface area contributed by atoms with Gasteiger partial charge in [0.2, 0.25) is 0 Å². The summed E-state index contributed by atoms with van der Waals surface area (Å²) in [7, 11) is 0. The molecule has 1 N–H and O–H groups in total. The Morgan fingerprint density at radius 2 is 1.68 bits per heavy atom. The average molecular weight is 457 g/mol. The number of piperazine rings is 1. The smallest absolute Gasteiger partial charge is 0.161 e. The molecule has 1 saturated heterocycles. The number of allylic oxidation sites excluding steroid dienone is 1. The Hall–Kier alpha value is -3.02. The first-order valence-corrected chi connectivity index (χ1v) is 12.3. The van der Waals surface area contributed by atoms with Crippen LogP contribution < -0.4 is 4.90 Å². The van der Waals surface area contributed by atoms with Crippen LogP contribution in [0.5, 0.6) is 0 Å². The molecule has 0 spiro atoms. The summed E-state index contributed by atoms with van der Waals surface area (Å²) < 4.78 is 0. The maximum atomic E-state index is 10.3. The second-order valence-corrected chi connectivity index (χ2v) is 9.21. The molecule has 2 heterocycles. The third-order valence-corrected chi connectivity index (χ3v) is 6.70. The molecule has 1 atom stereocenters. The molecule has 1 fully saturated rings. The Kier molecular flexibility index (Phi) is 8.09. The minimum absolute atomic E-state index is 0.299. The quantitative estimate of drug-likeness (QED) is 0.469. The molecule has 0 radical (unpaired) electrons. The van der Waals surface area contributed by atoms with Gasteiger partial charge in [-0.05, 0) is 37.8 Å². The Morgan fingerprint density at radius 3 is 2.38 bits per heavy atom. The summed E-state index contributed by atoms with van der Waals surface area (Å²) in [5.74, 6) is 1.82. The normalized spacial score (nSPS) is 15.3. The number of aliphatic hydroxyl groups is 1. The van der Waals surface area contributed by atoms with Gasteiger partial charge in [-0.15, -0.1) is 6.58 Å². The van der Waals surface area contributed by atoms with E-state index in [1.54, 1.807) is 0 Å². The van der Waals surface area contributed by atoms with Gasteiger partial charge in [0.15, 0.2) is 5.82 Å². The lowest BCUT2D eigenvalue weighted by atomic mass is 9.99. The maximum absolute atomic E-state index is 10.3. The third-order valence-electron chi connectivity index (χ3n) is 6.70. The summed E-state index contributed by atoms with van der Waals surface area (Å²) in [5, 5.41) is 10.3. The van der Waals surface area contributed by atoms with Crippen LogP contribution in [-0.2, 0) is 6.42 Å². The number of β-amino-alcohol motifs (C(OH)–C–C–N with tert-alkyl or cyclic N) is 1. The number of benzene rings is 2. The summed E-state index contributed by atoms with van der Waals surface area (Å²) in [4.78, 5) is 14.8. The van der Waals surface area contributed by atoms with E-state index in [1.165, 1.54) is 16.7 Å².